The average Bonchev–Trinajstić information content (AvgIpc) is 2.29. The van der Waals surface area contributed by atoms with Crippen molar-refractivity contribution in [2.45, 2.75) is 6.42 Å². The fraction of sp³-hybridized carbons (Fsp3) is 0.0769. The molecule has 0 radical (unpaired) electrons. The summed E-state index contributed by atoms with van der Waals surface area (Å²) in [6, 6.07) is 11.1. The molecule has 1 aromatic heterocycles. The molecule has 0 spiro atoms. The van der Waals surface area contributed by atoms with Crippen molar-refractivity contribution in [1.29, 1.82) is 0 Å². The third-order valence-electron chi connectivity index (χ3n) is 2.44. The van der Waals surface area contributed by atoms with Crippen molar-refractivity contribution >= 4 is 11.7 Å². The smallest absolute Gasteiger partial charge is 0.309 e. The summed E-state index contributed by atoms with van der Waals surface area (Å²) in [6.07, 6.45) is 1.40. The predicted octanol–water partition coefficient (Wildman–Crippen LogP) is 1.96. The van der Waals surface area contributed by atoms with Gasteiger partial charge in [0.25, 0.3) is 0 Å². The molecule has 0 fully saturated rings. The summed E-state index contributed by atoms with van der Waals surface area (Å²) in [5.41, 5.74) is 8.52. The van der Waals surface area contributed by atoms with Gasteiger partial charge in [0.1, 0.15) is 0 Å². The Kier molecular flexibility index (Phi) is 3.05. The normalized spacial score (nSPS) is 10.1. The Hall–Kier alpha value is -2.36. The highest BCUT2D eigenvalue weighted by Crippen LogP contribution is 2.28. The molecule has 0 atom stereocenters. The van der Waals surface area contributed by atoms with Crippen LogP contribution in [0.4, 0.5) is 5.69 Å². The number of carboxylic acid groups (broad SMARTS) is 1. The molecule has 86 valence electrons. The maximum absolute atomic E-state index is 10.8. The third-order valence-corrected chi connectivity index (χ3v) is 2.44. The lowest BCUT2D eigenvalue weighted by molar-refractivity contribution is -0.136. The van der Waals surface area contributed by atoms with E-state index < -0.39 is 5.97 Å². The summed E-state index contributed by atoms with van der Waals surface area (Å²) >= 11 is 0. The molecule has 4 nitrogen and oxygen atoms in total. The molecule has 2 rings (SSSR count). The monoisotopic (exact) mass is 228 g/mol. The SMILES string of the molecule is Nc1ccnc(CC(=O)O)c1-c1ccccc1. The molecule has 0 unspecified atom stereocenters. The summed E-state index contributed by atoms with van der Waals surface area (Å²) < 4.78 is 0. The average molecular weight is 228 g/mol. The van der Waals surface area contributed by atoms with Gasteiger partial charge < -0.3 is 10.8 Å². The zero-order valence-corrected chi connectivity index (χ0v) is 9.13. The van der Waals surface area contributed by atoms with Gasteiger partial charge in [0.15, 0.2) is 0 Å². The van der Waals surface area contributed by atoms with Gasteiger partial charge in [-0.15, -0.1) is 0 Å². The van der Waals surface area contributed by atoms with E-state index in [1.807, 2.05) is 30.3 Å². The second-order valence-corrected chi connectivity index (χ2v) is 3.66. The van der Waals surface area contributed by atoms with E-state index >= 15 is 0 Å². The molecule has 0 aliphatic carbocycles. The fourth-order valence-corrected chi connectivity index (χ4v) is 1.74. The number of nitrogens with two attached hydrogens (primary N) is 1. The van der Waals surface area contributed by atoms with E-state index in [1.165, 1.54) is 6.20 Å². The van der Waals surface area contributed by atoms with Crippen LogP contribution in [0.15, 0.2) is 42.6 Å². The van der Waals surface area contributed by atoms with E-state index in [2.05, 4.69) is 4.98 Å². The number of anilines is 1. The zero-order chi connectivity index (χ0) is 12.3. The maximum atomic E-state index is 10.8. The highest BCUT2D eigenvalue weighted by molar-refractivity contribution is 5.82. The largest absolute Gasteiger partial charge is 0.481 e. The minimum absolute atomic E-state index is 0.130. The first-order valence-electron chi connectivity index (χ1n) is 5.19. The Morgan fingerprint density at radius 3 is 2.59 bits per heavy atom. The van der Waals surface area contributed by atoms with Crippen molar-refractivity contribution in [2.75, 3.05) is 5.73 Å². The van der Waals surface area contributed by atoms with Gasteiger partial charge in [-0.2, -0.15) is 0 Å². The summed E-state index contributed by atoms with van der Waals surface area (Å²) in [7, 11) is 0. The minimum atomic E-state index is -0.916. The number of hydrogen-bond donors (Lipinski definition) is 2. The number of pyridine rings is 1. The van der Waals surface area contributed by atoms with Crippen molar-refractivity contribution in [3.63, 3.8) is 0 Å². The Labute approximate surface area is 98.7 Å². The molecule has 0 saturated heterocycles. The molecule has 3 N–H and O–H groups in total. The summed E-state index contributed by atoms with van der Waals surface area (Å²) in [4.78, 5) is 14.9. The maximum Gasteiger partial charge on any atom is 0.309 e. The Balaban J connectivity index is 2.55. The molecule has 1 aromatic carbocycles. The first kappa shape index (κ1) is 11.1. The minimum Gasteiger partial charge on any atom is -0.481 e. The molecule has 0 saturated carbocycles. The highest BCUT2D eigenvalue weighted by atomic mass is 16.4. The standard InChI is InChI=1S/C13H12N2O2/c14-10-6-7-15-11(8-12(16)17)13(10)9-4-2-1-3-5-9/h1-7H,8H2,(H2,14,15)(H,16,17). The number of carboxylic acids is 1. The molecule has 0 bridgehead atoms. The van der Waals surface area contributed by atoms with E-state index in [0.29, 0.717) is 16.9 Å². The lowest BCUT2D eigenvalue weighted by atomic mass is 10.0. The number of carbonyl (C=O) groups is 1. The van der Waals surface area contributed by atoms with E-state index in [0.717, 1.165) is 5.56 Å². The highest BCUT2D eigenvalue weighted by Gasteiger charge is 2.12. The molecule has 0 aliphatic heterocycles. The number of nitrogens with zero attached hydrogens (tertiary/aromatic N) is 1. The van der Waals surface area contributed by atoms with Crippen molar-refractivity contribution in [1.82, 2.24) is 4.98 Å². The van der Waals surface area contributed by atoms with Gasteiger partial charge in [-0.25, -0.2) is 0 Å². The van der Waals surface area contributed by atoms with Crippen LogP contribution in [0.3, 0.4) is 0 Å². The molecule has 0 aliphatic rings. The number of aromatic nitrogens is 1. The van der Waals surface area contributed by atoms with Crippen LogP contribution in [0, 0.1) is 0 Å². The number of nitrogen functional groups attached to an aromatic ring is 1. The van der Waals surface area contributed by atoms with Crippen LogP contribution < -0.4 is 5.73 Å². The van der Waals surface area contributed by atoms with Crippen molar-refractivity contribution in [3.8, 4) is 11.1 Å². The van der Waals surface area contributed by atoms with E-state index in [-0.39, 0.29) is 6.42 Å². The van der Waals surface area contributed by atoms with Crippen LogP contribution in [0.2, 0.25) is 0 Å². The fourth-order valence-electron chi connectivity index (χ4n) is 1.74. The summed E-state index contributed by atoms with van der Waals surface area (Å²) in [6.45, 7) is 0. The molecule has 1 heterocycles. The lowest BCUT2D eigenvalue weighted by Crippen LogP contribution is -2.06. The van der Waals surface area contributed by atoms with E-state index in [9.17, 15) is 4.79 Å². The van der Waals surface area contributed by atoms with Crippen molar-refractivity contribution in [2.24, 2.45) is 0 Å². The van der Waals surface area contributed by atoms with Crippen LogP contribution in [0.1, 0.15) is 5.69 Å². The van der Waals surface area contributed by atoms with Crippen LogP contribution in [0.25, 0.3) is 11.1 Å². The van der Waals surface area contributed by atoms with Gasteiger partial charge >= 0.3 is 5.97 Å². The Bertz CT molecular complexity index is 538. The van der Waals surface area contributed by atoms with Crippen molar-refractivity contribution in [3.05, 3.63) is 48.3 Å². The number of hydrogen-bond acceptors (Lipinski definition) is 3. The Morgan fingerprint density at radius 1 is 1.24 bits per heavy atom. The zero-order valence-electron chi connectivity index (χ0n) is 9.13. The lowest BCUT2D eigenvalue weighted by Gasteiger charge is -2.09. The number of rotatable bonds is 3. The van der Waals surface area contributed by atoms with Gasteiger partial charge in [-0.1, -0.05) is 30.3 Å². The van der Waals surface area contributed by atoms with Crippen LogP contribution in [-0.4, -0.2) is 16.1 Å². The van der Waals surface area contributed by atoms with E-state index in [4.69, 9.17) is 10.8 Å². The Morgan fingerprint density at radius 2 is 1.94 bits per heavy atom. The molecule has 17 heavy (non-hydrogen) atoms. The second-order valence-electron chi connectivity index (χ2n) is 3.66. The van der Waals surface area contributed by atoms with Gasteiger partial charge in [-0.3, -0.25) is 9.78 Å². The first-order valence-corrected chi connectivity index (χ1v) is 5.19. The second kappa shape index (κ2) is 4.65. The van der Waals surface area contributed by atoms with Crippen LogP contribution in [-0.2, 0) is 11.2 Å². The molecule has 0 amide bonds. The third kappa shape index (κ3) is 2.42. The van der Waals surface area contributed by atoms with E-state index in [1.54, 1.807) is 6.07 Å². The van der Waals surface area contributed by atoms with Gasteiger partial charge in [0, 0.05) is 17.4 Å². The van der Waals surface area contributed by atoms with Gasteiger partial charge in [0.2, 0.25) is 0 Å². The predicted molar refractivity (Wildman–Crippen MR) is 65.4 cm³/mol. The van der Waals surface area contributed by atoms with Gasteiger partial charge in [-0.05, 0) is 11.6 Å². The topological polar surface area (TPSA) is 76.2 Å². The molecule has 4 heteroatoms. The summed E-state index contributed by atoms with van der Waals surface area (Å²) in [5, 5.41) is 8.85. The number of aliphatic carboxylic acids is 1. The number of benzene rings is 1. The quantitative estimate of drug-likeness (QED) is 0.841. The summed E-state index contributed by atoms with van der Waals surface area (Å²) in [5.74, 6) is -0.916. The van der Waals surface area contributed by atoms with Crippen LogP contribution in [0.5, 0.6) is 0 Å². The molecular weight excluding hydrogens is 216 g/mol. The van der Waals surface area contributed by atoms with Crippen LogP contribution >= 0.6 is 0 Å². The first-order chi connectivity index (χ1) is 8.18. The molecule has 2 aromatic rings. The van der Waals surface area contributed by atoms with Gasteiger partial charge in [0.05, 0.1) is 12.1 Å². The molecular formula is C13H12N2O2. The van der Waals surface area contributed by atoms with Crippen molar-refractivity contribution < 1.29 is 9.90 Å².